The Hall–Kier alpha value is -0.730. The Kier molecular flexibility index (Phi) is 6.37. The summed E-state index contributed by atoms with van der Waals surface area (Å²) in [6.45, 7) is 3.67. The van der Waals surface area contributed by atoms with E-state index in [0.29, 0.717) is 0 Å². The van der Waals surface area contributed by atoms with E-state index >= 15 is 0 Å². The van der Waals surface area contributed by atoms with Gasteiger partial charge in [0.05, 0.1) is 0 Å². The summed E-state index contributed by atoms with van der Waals surface area (Å²) in [4.78, 5) is 0. The summed E-state index contributed by atoms with van der Waals surface area (Å²) >= 11 is 0. The van der Waals surface area contributed by atoms with E-state index in [0.717, 1.165) is 18.9 Å². The highest BCUT2D eigenvalue weighted by atomic mass is 35.5. The zero-order valence-electron chi connectivity index (χ0n) is 8.01. The molecule has 2 nitrogen and oxygen atoms in total. The van der Waals surface area contributed by atoms with Crippen LogP contribution in [0.2, 0.25) is 0 Å². The predicted octanol–water partition coefficient (Wildman–Crippen LogP) is -1.40. The molecule has 0 bridgehead atoms. The number of ether oxygens (including phenoxy) is 1. The van der Waals surface area contributed by atoms with E-state index in [1.54, 1.807) is 0 Å². The molecule has 1 aromatic rings. The zero-order chi connectivity index (χ0) is 8.81. The maximum absolute atomic E-state index is 5.44. The van der Waals surface area contributed by atoms with Gasteiger partial charge >= 0.3 is 0 Å². The molecule has 1 N–H and O–H groups in total. The average Bonchev–Trinajstić information content (AvgIpc) is 2.09. The lowest BCUT2D eigenvalue weighted by Gasteiger charge is -2.04. The molecule has 0 saturated carbocycles. The van der Waals surface area contributed by atoms with Crippen LogP contribution in [0.1, 0.15) is 5.56 Å². The summed E-state index contributed by atoms with van der Waals surface area (Å²) in [5.41, 5.74) is 1.26. The quantitative estimate of drug-likeness (QED) is 0.604. The lowest BCUT2D eigenvalue weighted by atomic mass is 10.2. The first-order valence-corrected chi connectivity index (χ1v) is 4.17. The molecule has 74 valence electrons. The zero-order valence-corrected chi connectivity index (χ0v) is 8.77. The standard InChI is InChI=1S/C10H15NO.ClH/c1-9-3-5-10(6-4-9)12-8-7-11-2;/h3-6,11H,7-8H2,1-2H3;1H/p-1. The molecule has 0 aromatic heterocycles. The number of benzene rings is 1. The van der Waals surface area contributed by atoms with Crippen molar-refractivity contribution in [2.45, 2.75) is 6.92 Å². The molecule has 0 saturated heterocycles. The second-order valence-corrected chi connectivity index (χ2v) is 2.77. The van der Waals surface area contributed by atoms with E-state index in [9.17, 15) is 0 Å². The SMILES string of the molecule is CNCCOc1ccc(C)cc1.[Cl-]. The fourth-order valence-corrected chi connectivity index (χ4v) is 0.905. The van der Waals surface area contributed by atoms with Crippen LogP contribution in [-0.4, -0.2) is 20.2 Å². The van der Waals surface area contributed by atoms with Crippen LogP contribution >= 0.6 is 0 Å². The molecule has 0 radical (unpaired) electrons. The molecule has 0 fully saturated rings. The fourth-order valence-electron chi connectivity index (χ4n) is 0.905. The molecule has 0 aliphatic carbocycles. The highest BCUT2D eigenvalue weighted by Crippen LogP contribution is 2.10. The highest BCUT2D eigenvalue weighted by molar-refractivity contribution is 5.26. The highest BCUT2D eigenvalue weighted by Gasteiger charge is 1.90. The lowest BCUT2D eigenvalue weighted by molar-refractivity contribution is -0.00000306. The minimum absolute atomic E-state index is 0. The summed E-state index contributed by atoms with van der Waals surface area (Å²) < 4.78 is 5.44. The van der Waals surface area contributed by atoms with Crippen molar-refractivity contribution < 1.29 is 17.1 Å². The maximum Gasteiger partial charge on any atom is 0.119 e. The van der Waals surface area contributed by atoms with Crippen LogP contribution in [0.4, 0.5) is 0 Å². The smallest absolute Gasteiger partial charge is 0.119 e. The second kappa shape index (κ2) is 6.75. The van der Waals surface area contributed by atoms with Gasteiger partial charge in [-0.2, -0.15) is 0 Å². The molecular weight excluding hydrogens is 186 g/mol. The van der Waals surface area contributed by atoms with E-state index in [4.69, 9.17) is 4.74 Å². The van der Waals surface area contributed by atoms with Gasteiger partial charge in [-0.15, -0.1) is 0 Å². The van der Waals surface area contributed by atoms with Gasteiger partial charge in [0, 0.05) is 6.54 Å². The topological polar surface area (TPSA) is 21.3 Å². The summed E-state index contributed by atoms with van der Waals surface area (Å²) in [6.07, 6.45) is 0. The molecule has 0 unspecified atom stereocenters. The molecule has 1 rings (SSSR count). The Balaban J connectivity index is 0.00000144. The van der Waals surface area contributed by atoms with Crippen molar-refractivity contribution in [1.29, 1.82) is 0 Å². The van der Waals surface area contributed by atoms with Gasteiger partial charge in [0.15, 0.2) is 0 Å². The number of nitrogens with one attached hydrogen (secondary N) is 1. The number of hydrogen-bond acceptors (Lipinski definition) is 2. The maximum atomic E-state index is 5.44. The van der Waals surface area contributed by atoms with Crippen molar-refractivity contribution in [1.82, 2.24) is 5.32 Å². The molecule has 13 heavy (non-hydrogen) atoms. The van der Waals surface area contributed by atoms with Crippen LogP contribution < -0.4 is 22.5 Å². The molecule has 0 spiro atoms. The van der Waals surface area contributed by atoms with Crippen LogP contribution in [0.25, 0.3) is 0 Å². The van der Waals surface area contributed by atoms with Crippen LogP contribution in [0.3, 0.4) is 0 Å². The van der Waals surface area contributed by atoms with Gasteiger partial charge in [0.2, 0.25) is 0 Å². The largest absolute Gasteiger partial charge is 1.00 e. The molecule has 0 amide bonds. The summed E-state index contributed by atoms with van der Waals surface area (Å²) in [7, 11) is 1.92. The Morgan fingerprint density at radius 3 is 2.38 bits per heavy atom. The third kappa shape index (κ3) is 4.76. The van der Waals surface area contributed by atoms with Gasteiger partial charge in [-0.05, 0) is 26.1 Å². The third-order valence-electron chi connectivity index (χ3n) is 1.64. The summed E-state index contributed by atoms with van der Waals surface area (Å²) in [5.74, 6) is 0.941. The Morgan fingerprint density at radius 2 is 1.85 bits per heavy atom. The first kappa shape index (κ1) is 12.3. The van der Waals surface area contributed by atoms with Crippen LogP contribution in [0.5, 0.6) is 5.75 Å². The molecule has 1 aromatic carbocycles. The van der Waals surface area contributed by atoms with Gasteiger partial charge < -0.3 is 22.5 Å². The van der Waals surface area contributed by atoms with Crippen LogP contribution in [-0.2, 0) is 0 Å². The lowest BCUT2D eigenvalue weighted by Crippen LogP contribution is -3.00. The minimum atomic E-state index is 0. The van der Waals surface area contributed by atoms with Crippen molar-refractivity contribution in [3.05, 3.63) is 29.8 Å². The van der Waals surface area contributed by atoms with E-state index in [1.165, 1.54) is 5.56 Å². The van der Waals surface area contributed by atoms with Crippen molar-refractivity contribution >= 4 is 0 Å². The van der Waals surface area contributed by atoms with Crippen molar-refractivity contribution in [3.63, 3.8) is 0 Å². The minimum Gasteiger partial charge on any atom is -1.00 e. The fraction of sp³-hybridized carbons (Fsp3) is 0.400. The molecule has 0 heterocycles. The van der Waals surface area contributed by atoms with Gasteiger partial charge in [-0.25, -0.2) is 0 Å². The normalized spacial score (nSPS) is 9.08. The number of halogens is 1. The van der Waals surface area contributed by atoms with Gasteiger partial charge in [-0.1, -0.05) is 17.7 Å². The second-order valence-electron chi connectivity index (χ2n) is 2.77. The van der Waals surface area contributed by atoms with Crippen LogP contribution in [0, 0.1) is 6.92 Å². The van der Waals surface area contributed by atoms with E-state index in [-0.39, 0.29) is 12.4 Å². The molecule has 0 aliphatic heterocycles. The summed E-state index contributed by atoms with van der Waals surface area (Å²) in [6, 6.07) is 8.08. The number of hydrogen-bond donors (Lipinski definition) is 1. The molecule has 0 aliphatic rings. The Morgan fingerprint density at radius 1 is 1.23 bits per heavy atom. The van der Waals surface area contributed by atoms with Crippen molar-refractivity contribution in [3.8, 4) is 5.75 Å². The average molecular weight is 201 g/mol. The first-order chi connectivity index (χ1) is 5.83. The molecular formula is C10H15ClNO-. The third-order valence-corrected chi connectivity index (χ3v) is 1.64. The van der Waals surface area contributed by atoms with Crippen molar-refractivity contribution in [2.75, 3.05) is 20.2 Å². The summed E-state index contributed by atoms with van der Waals surface area (Å²) in [5, 5.41) is 3.02. The first-order valence-electron chi connectivity index (χ1n) is 4.17. The number of likely N-dealkylation sites (N-methyl/N-ethyl adjacent to an activating group) is 1. The van der Waals surface area contributed by atoms with Gasteiger partial charge in [-0.3, -0.25) is 0 Å². The monoisotopic (exact) mass is 200 g/mol. The Labute approximate surface area is 85.7 Å². The predicted molar refractivity (Wildman–Crippen MR) is 50.6 cm³/mol. The Bertz CT molecular complexity index is 223. The van der Waals surface area contributed by atoms with E-state index < -0.39 is 0 Å². The molecule has 0 atom stereocenters. The molecule has 3 heteroatoms. The van der Waals surface area contributed by atoms with E-state index in [1.807, 2.05) is 19.2 Å². The van der Waals surface area contributed by atoms with Gasteiger partial charge in [0.25, 0.3) is 0 Å². The van der Waals surface area contributed by atoms with Gasteiger partial charge in [0.1, 0.15) is 12.4 Å². The van der Waals surface area contributed by atoms with Crippen molar-refractivity contribution in [2.24, 2.45) is 0 Å². The number of aryl methyl sites for hydroxylation is 1. The van der Waals surface area contributed by atoms with Crippen LogP contribution in [0.15, 0.2) is 24.3 Å². The van der Waals surface area contributed by atoms with E-state index in [2.05, 4.69) is 24.4 Å². The number of rotatable bonds is 4.